The molecule has 0 unspecified atom stereocenters. The summed E-state index contributed by atoms with van der Waals surface area (Å²) in [6.45, 7) is 25.4. The molecule has 0 N–H and O–H groups in total. The number of fused-ring (bicyclic) bond motifs is 4. The summed E-state index contributed by atoms with van der Waals surface area (Å²) in [5.74, 6) is 0.833. The number of benzene rings is 9. The molecule has 2 aromatic heterocycles. The fourth-order valence-electron chi connectivity index (χ4n) is 12.0. The Bertz CT molecular complexity index is 3900. The van der Waals surface area contributed by atoms with Crippen LogP contribution in [0.2, 0.25) is 0 Å². The number of hydrogen-bond donors (Lipinski definition) is 0. The van der Waals surface area contributed by atoms with Crippen LogP contribution in [0, 0.1) is 18.8 Å². The van der Waals surface area contributed by atoms with Crippen molar-refractivity contribution in [1.29, 1.82) is 0 Å². The van der Waals surface area contributed by atoms with Crippen LogP contribution in [-0.4, -0.2) is 9.55 Å². The summed E-state index contributed by atoms with van der Waals surface area (Å²) >= 11 is 0. The van der Waals surface area contributed by atoms with Gasteiger partial charge in [0.05, 0.1) is 0 Å². The van der Waals surface area contributed by atoms with Crippen molar-refractivity contribution in [2.24, 2.45) is 0 Å². The molecule has 0 bridgehead atoms. The largest absolute Gasteiger partial charge is 0.493 e. The van der Waals surface area contributed by atoms with Gasteiger partial charge in [0.15, 0.2) is 0 Å². The molecule has 9 aromatic carbocycles. The smallest absolute Gasteiger partial charge is 0.135 e. The second-order valence-electron chi connectivity index (χ2n) is 24.8. The number of para-hydroxylation sites is 3. The molecule has 0 radical (unpaired) electrons. The molecular formula is C75H69N4Pt-3. The zero-order chi connectivity index (χ0) is 54.9. The van der Waals surface area contributed by atoms with Gasteiger partial charge in [0, 0.05) is 60.7 Å². The van der Waals surface area contributed by atoms with E-state index in [1.54, 1.807) is 0 Å². The Morgan fingerprint density at radius 1 is 0.388 bits per heavy atom. The Kier molecular flexibility index (Phi) is 14.0. The average Bonchev–Trinajstić information content (AvgIpc) is 4.09. The Labute approximate surface area is 489 Å². The summed E-state index contributed by atoms with van der Waals surface area (Å²) in [7, 11) is 0. The van der Waals surface area contributed by atoms with Crippen LogP contribution >= 0.6 is 0 Å². The van der Waals surface area contributed by atoms with Gasteiger partial charge in [0.2, 0.25) is 0 Å². The van der Waals surface area contributed by atoms with Gasteiger partial charge in [-0.05, 0) is 110 Å². The van der Waals surface area contributed by atoms with Gasteiger partial charge in [0.1, 0.15) is 5.82 Å². The number of aromatic nitrogens is 2. The van der Waals surface area contributed by atoms with Crippen LogP contribution in [0.25, 0.3) is 27.6 Å². The molecule has 1 aliphatic rings. The summed E-state index contributed by atoms with van der Waals surface area (Å²) < 4.78 is 2.33. The second-order valence-corrected chi connectivity index (χ2v) is 24.8. The minimum atomic E-state index is -0.899. The van der Waals surface area contributed by atoms with Gasteiger partial charge in [-0.3, -0.25) is 0 Å². The van der Waals surface area contributed by atoms with Crippen LogP contribution in [0.3, 0.4) is 0 Å². The number of anilines is 4. The molecule has 402 valence electrons. The number of hydrogen-bond acceptors (Lipinski definition) is 3. The van der Waals surface area contributed by atoms with Gasteiger partial charge >= 0.3 is 0 Å². The maximum Gasteiger partial charge on any atom is 0.135 e. The van der Waals surface area contributed by atoms with Crippen molar-refractivity contribution < 1.29 is 21.1 Å². The van der Waals surface area contributed by atoms with Crippen molar-refractivity contribution in [3.8, 4) is 5.82 Å². The number of rotatable bonds is 10. The quantitative estimate of drug-likeness (QED) is 0.101. The fraction of sp³-hybridized carbons (Fsp3) is 0.200. The van der Waals surface area contributed by atoms with E-state index in [2.05, 4.69) is 327 Å². The minimum absolute atomic E-state index is 0. The van der Waals surface area contributed by atoms with E-state index in [1.165, 1.54) is 27.8 Å². The van der Waals surface area contributed by atoms with Crippen LogP contribution in [0.1, 0.15) is 125 Å². The first-order valence-corrected chi connectivity index (χ1v) is 27.9. The van der Waals surface area contributed by atoms with Gasteiger partial charge in [-0.1, -0.05) is 226 Å². The van der Waals surface area contributed by atoms with Gasteiger partial charge in [-0.25, -0.2) is 4.98 Å². The Morgan fingerprint density at radius 2 is 0.875 bits per heavy atom. The van der Waals surface area contributed by atoms with E-state index >= 15 is 0 Å². The third-order valence-corrected chi connectivity index (χ3v) is 16.6. The summed E-state index contributed by atoms with van der Waals surface area (Å²) in [6.07, 6.45) is 1.98. The molecule has 0 saturated heterocycles. The minimum Gasteiger partial charge on any atom is -0.493 e. The predicted molar refractivity (Wildman–Crippen MR) is 331 cm³/mol. The zero-order valence-corrected chi connectivity index (χ0v) is 49.9. The zero-order valence-electron chi connectivity index (χ0n) is 47.6. The molecule has 5 heteroatoms. The average molecular weight is 1220 g/mol. The molecule has 1 aliphatic heterocycles. The Hall–Kier alpha value is -7.78. The third-order valence-electron chi connectivity index (χ3n) is 16.6. The van der Waals surface area contributed by atoms with Crippen molar-refractivity contribution in [1.82, 2.24) is 9.55 Å². The fourth-order valence-corrected chi connectivity index (χ4v) is 12.0. The molecule has 0 saturated carbocycles. The predicted octanol–water partition coefficient (Wildman–Crippen LogP) is 18.8. The number of pyridine rings is 1. The molecule has 0 aliphatic carbocycles. The molecule has 4 nitrogen and oxygen atoms in total. The van der Waals surface area contributed by atoms with Crippen molar-refractivity contribution >= 4 is 44.6 Å². The Morgan fingerprint density at radius 3 is 1.43 bits per heavy atom. The van der Waals surface area contributed by atoms with Gasteiger partial charge in [-0.2, -0.15) is 35.9 Å². The first-order valence-electron chi connectivity index (χ1n) is 27.9. The van der Waals surface area contributed by atoms with Crippen molar-refractivity contribution in [2.75, 3.05) is 9.80 Å². The van der Waals surface area contributed by atoms with Crippen LogP contribution in [0.4, 0.5) is 22.7 Å². The summed E-state index contributed by atoms with van der Waals surface area (Å²) in [5.41, 5.74) is 16.4. The third kappa shape index (κ3) is 9.40. The van der Waals surface area contributed by atoms with E-state index in [-0.39, 0.29) is 37.3 Å². The van der Waals surface area contributed by atoms with Gasteiger partial charge in [-0.15, -0.1) is 34.9 Å². The molecule has 3 heterocycles. The van der Waals surface area contributed by atoms with Crippen LogP contribution < -0.4 is 9.80 Å². The molecule has 11 aromatic rings. The first-order chi connectivity index (χ1) is 37.9. The SMILES string of the molecule is CC(C)(C)c1cc(N2[CH-]N(c3cc(C(C)(C)C)cc(C(C)(C)C)c3)c3ccccc32)[c-]c(C(c2[c-]c3c(cc2)c2ccccc2n3-c2cc(C(C)(c3ccccc3)c3ccccc3)ccn2)(c2ccccc2)c2ccccc2)c1.[Pt]. The summed E-state index contributed by atoms with van der Waals surface area (Å²) in [4.78, 5) is 9.99. The Balaban J connectivity index is 0.00000675. The molecule has 0 fully saturated rings. The van der Waals surface area contributed by atoms with Crippen LogP contribution in [0.5, 0.6) is 0 Å². The first kappa shape index (κ1) is 54.2. The van der Waals surface area contributed by atoms with Crippen LogP contribution in [-0.2, 0) is 48.1 Å². The monoisotopic (exact) mass is 1220 g/mol. The standard InChI is InChI=1S/C75H69N4.Pt/c1-71(2,3)58-43-59(72(4,5)6)46-62(45-58)77-51-78(68-38-26-25-37-67(68)77)63-47-60(73(7,8)9)44-61(48-63)75(54-31-19-13-20-32-54,55-33-21-14-22-34-55)57-39-40-65-64-35-23-24-36-66(64)79(69(65)49-57)70-50-56(41-42-76-70)74(10,52-27-15-11-16-28-52)53-29-17-12-18-30-53;/h11-47,50-51H,1-10H3;/q-3;. The van der Waals surface area contributed by atoms with E-state index in [4.69, 9.17) is 4.98 Å². The van der Waals surface area contributed by atoms with E-state index in [1.807, 2.05) is 6.20 Å². The molecule has 12 rings (SSSR count). The number of nitrogens with zero attached hydrogens (tertiary/aromatic N) is 4. The van der Waals surface area contributed by atoms with Gasteiger partial charge in [0.25, 0.3) is 0 Å². The molecule has 0 atom stereocenters. The topological polar surface area (TPSA) is 24.3 Å². The van der Waals surface area contributed by atoms with E-state index in [0.29, 0.717) is 0 Å². The molecule has 0 amide bonds. The van der Waals surface area contributed by atoms with E-state index < -0.39 is 10.8 Å². The van der Waals surface area contributed by atoms with E-state index in [9.17, 15) is 0 Å². The summed E-state index contributed by atoms with van der Waals surface area (Å²) in [6, 6.07) is 90.7. The maximum absolute atomic E-state index is 5.25. The van der Waals surface area contributed by atoms with Crippen LogP contribution in [0.15, 0.2) is 231 Å². The molecule has 80 heavy (non-hydrogen) atoms. The van der Waals surface area contributed by atoms with Crippen molar-refractivity contribution in [3.63, 3.8) is 0 Å². The van der Waals surface area contributed by atoms with Crippen molar-refractivity contribution in [2.45, 2.75) is 96.3 Å². The normalized spacial score (nSPS) is 13.2. The molecule has 0 spiro atoms. The maximum atomic E-state index is 5.25. The van der Waals surface area contributed by atoms with Gasteiger partial charge < -0.3 is 14.4 Å². The van der Waals surface area contributed by atoms with E-state index in [0.717, 1.165) is 78.2 Å². The van der Waals surface area contributed by atoms with Crippen molar-refractivity contribution in [3.05, 3.63) is 305 Å². The summed E-state index contributed by atoms with van der Waals surface area (Å²) in [5, 5.41) is 2.25. The molecular weight excluding hydrogens is 1150 g/mol. The second kappa shape index (κ2) is 20.7.